The van der Waals surface area contributed by atoms with Crippen molar-refractivity contribution in [3.8, 4) is 5.75 Å². The lowest BCUT2D eigenvalue weighted by Gasteiger charge is -2.08. The monoisotopic (exact) mass is 263 g/mol. The number of hydrogen-bond acceptors (Lipinski definition) is 4. The molecule has 0 fully saturated rings. The minimum atomic E-state index is 0.375. The summed E-state index contributed by atoms with van der Waals surface area (Å²) in [5.74, 6) is 1.52. The zero-order valence-corrected chi connectivity index (χ0v) is 10.8. The lowest BCUT2D eigenvalue weighted by molar-refractivity contribution is 0.332. The Labute approximate surface area is 111 Å². The number of rotatable bonds is 5. The predicted octanol–water partition coefficient (Wildman–Crippen LogP) is 2.93. The van der Waals surface area contributed by atoms with Crippen LogP contribution in [0.25, 0.3) is 0 Å². The van der Waals surface area contributed by atoms with E-state index < -0.39 is 0 Å². The van der Waals surface area contributed by atoms with Crippen LogP contribution in [0.15, 0.2) is 36.7 Å². The van der Waals surface area contributed by atoms with Crippen molar-refractivity contribution in [2.75, 3.05) is 18.5 Å². The minimum absolute atomic E-state index is 0.375. The number of aryl methyl sites for hydroxylation is 1. The van der Waals surface area contributed by atoms with Crippen molar-refractivity contribution in [2.45, 2.75) is 6.92 Å². The van der Waals surface area contributed by atoms with Gasteiger partial charge in [-0.05, 0) is 24.6 Å². The Morgan fingerprint density at radius 2 is 2.22 bits per heavy atom. The number of nitrogens with zero attached hydrogens (tertiary/aromatic N) is 2. The molecule has 2 rings (SSSR count). The zero-order valence-electron chi connectivity index (χ0n) is 10.1. The molecule has 0 spiro atoms. The Kier molecular flexibility index (Phi) is 4.36. The molecule has 1 N–H and O–H groups in total. The van der Waals surface area contributed by atoms with Crippen LogP contribution in [-0.4, -0.2) is 23.1 Å². The van der Waals surface area contributed by atoms with Crippen LogP contribution in [0.4, 0.5) is 5.82 Å². The third-order valence-electron chi connectivity index (χ3n) is 2.27. The van der Waals surface area contributed by atoms with Gasteiger partial charge >= 0.3 is 0 Å². The molecule has 4 nitrogen and oxygen atoms in total. The van der Waals surface area contributed by atoms with Gasteiger partial charge in [-0.1, -0.05) is 23.7 Å². The molecule has 94 valence electrons. The lowest BCUT2D eigenvalue weighted by atomic mass is 10.2. The van der Waals surface area contributed by atoms with Crippen LogP contribution in [0.3, 0.4) is 0 Å². The van der Waals surface area contributed by atoms with Gasteiger partial charge in [-0.2, -0.15) is 0 Å². The number of benzene rings is 1. The van der Waals surface area contributed by atoms with Crippen LogP contribution in [-0.2, 0) is 0 Å². The van der Waals surface area contributed by atoms with Crippen molar-refractivity contribution in [3.05, 3.63) is 47.4 Å². The summed E-state index contributed by atoms with van der Waals surface area (Å²) in [6, 6.07) is 7.94. The molecule has 0 atom stereocenters. The van der Waals surface area contributed by atoms with E-state index in [1.54, 1.807) is 6.20 Å². The van der Waals surface area contributed by atoms with Gasteiger partial charge < -0.3 is 10.1 Å². The highest BCUT2D eigenvalue weighted by atomic mass is 35.5. The second-order valence-corrected chi connectivity index (χ2v) is 4.21. The Bertz CT molecular complexity index is 472. The van der Waals surface area contributed by atoms with E-state index in [-0.39, 0.29) is 0 Å². The molecule has 0 radical (unpaired) electrons. The van der Waals surface area contributed by atoms with Crippen molar-refractivity contribution in [1.82, 2.24) is 9.97 Å². The van der Waals surface area contributed by atoms with Crippen LogP contribution < -0.4 is 10.1 Å². The van der Waals surface area contributed by atoms with Crippen LogP contribution in [0.2, 0.25) is 5.15 Å². The molecule has 18 heavy (non-hydrogen) atoms. The zero-order chi connectivity index (χ0) is 12.8. The van der Waals surface area contributed by atoms with Gasteiger partial charge in [-0.3, -0.25) is 4.98 Å². The van der Waals surface area contributed by atoms with Gasteiger partial charge in [0.2, 0.25) is 0 Å². The van der Waals surface area contributed by atoms with E-state index in [1.807, 2.05) is 31.2 Å². The third kappa shape index (κ3) is 3.89. The van der Waals surface area contributed by atoms with Crippen molar-refractivity contribution < 1.29 is 4.74 Å². The first-order valence-corrected chi connectivity index (χ1v) is 6.03. The molecule has 0 saturated heterocycles. The van der Waals surface area contributed by atoms with Crippen molar-refractivity contribution in [3.63, 3.8) is 0 Å². The average Bonchev–Trinajstić information content (AvgIpc) is 2.35. The fourth-order valence-electron chi connectivity index (χ4n) is 1.48. The normalized spacial score (nSPS) is 10.1. The molecular weight excluding hydrogens is 250 g/mol. The topological polar surface area (TPSA) is 47.0 Å². The molecule has 0 saturated carbocycles. The first kappa shape index (κ1) is 12.6. The second-order valence-electron chi connectivity index (χ2n) is 3.82. The Balaban J connectivity index is 1.76. The van der Waals surface area contributed by atoms with E-state index in [4.69, 9.17) is 16.3 Å². The highest BCUT2D eigenvalue weighted by Gasteiger charge is 1.97. The maximum Gasteiger partial charge on any atom is 0.149 e. The molecule has 2 aromatic rings. The minimum Gasteiger partial charge on any atom is -0.492 e. The quantitative estimate of drug-likeness (QED) is 0.843. The summed E-state index contributed by atoms with van der Waals surface area (Å²) in [4.78, 5) is 8.00. The summed E-state index contributed by atoms with van der Waals surface area (Å²) in [5, 5.41) is 3.46. The lowest BCUT2D eigenvalue weighted by Crippen LogP contribution is -2.12. The number of aromatic nitrogens is 2. The van der Waals surface area contributed by atoms with E-state index in [0.29, 0.717) is 24.1 Å². The Morgan fingerprint density at radius 1 is 1.33 bits per heavy atom. The average molecular weight is 264 g/mol. The van der Waals surface area contributed by atoms with Crippen molar-refractivity contribution in [1.29, 1.82) is 0 Å². The van der Waals surface area contributed by atoms with Gasteiger partial charge in [0.15, 0.2) is 0 Å². The van der Waals surface area contributed by atoms with E-state index >= 15 is 0 Å². The summed E-state index contributed by atoms with van der Waals surface area (Å²) >= 11 is 5.73. The Hall–Kier alpha value is -1.81. The van der Waals surface area contributed by atoms with E-state index in [2.05, 4.69) is 15.3 Å². The van der Waals surface area contributed by atoms with E-state index in [0.717, 1.165) is 5.75 Å². The number of hydrogen-bond donors (Lipinski definition) is 1. The molecular formula is C13H14ClN3O. The SMILES string of the molecule is Cc1cccc(OCCNc2cncc(Cl)n2)c1. The molecule has 1 heterocycles. The van der Waals surface area contributed by atoms with Crippen LogP contribution >= 0.6 is 11.6 Å². The van der Waals surface area contributed by atoms with E-state index in [1.165, 1.54) is 11.8 Å². The molecule has 0 unspecified atom stereocenters. The summed E-state index contributed by atoms with van der Waals surface area (Å²) in [6.45, 7) is 3.23. The fourth-order valence-corrected chi connectivity index (χ4v) is 1.63. The number of anilines is 1. The maximum absolute atomic E-state index is 5.73. The van der Waals surface area contributed by atoms with E-state index in [9.17, 15) is 0 Å². The summed E-state index contributed by atoms with van der Waals surface area (Å²) in [5.41, 5.74) is 1.18. The van der Waals surface area contributed by atoms with Gasteiger partial charge in [0, 0.05) is 0 Å². The number of halogens is 1. The van der Waals surface area contributed by atoms with Crippen LogP contribution in [0, 0.1) is 6.92 Å². The first-order chi connectivity index (χ1) is 8.74. The van der Waals surface area contributed by atoms with Crippen LogP contribution in [0.1, 0.15) is 5.56 Å². The standard InChI is InChI=1S/C13H14ClN3O/c1-10-3-2-4-11(7-10)18-6-5-16-13-9-15-8-12(14)17-13/h2-4,7-9H,5-6H2,1H3,(H,16,17). The molecule has 5 heteroatoms. The smallest absolute Gasteiger partial charge is 0.149 e. The van der Waals surface area contributed by atoms with Gasteiger partial charge in [0.05, 0.1) is 18.9 Å². The molecule has 0 aliphatic rings. The molecule has 1 aromatic heterocycles. The molecule has 0 bridgehead atoms. The summed E-state index contributed by atoms with van der Waals surface area (Å²) < 4.78 is 5.60. The van der Waals surface area contributed by atoms with Crippen molar-refractivity contribution in [2.24, 2.45) is 0 Å². The third-order valence-corrected chi connectivity index (χ3v) is 2.45. The first-order valence-electron chi connectivity index (χ1n) is 5.65. The summed E-state index contributed by atoms with van der Waals surface area (Å²) in [6.07, 6.45) is 3.12. The fraction of sp³-hybridized carbons (Fsp3) is 0.231. The van der Waals surface area contributed by atoms with Crippen LogP contribution in [0.5, 0.6) is 5.75 Å². The van der Waals surface area contributed by atoms with Gasteiger partial charge in [0.1, 0.15) is 23.3 Å². The Morgan fingerprint density at radius 3 is 3.00 bits per heavy atom. The van der Waals surface area contributed by atoms with Gasteiger partial charge in [-0.25, -0.2) is 4.98 Å². The molecule has 0 amide bonds. The van der Waals surface area contributed by atoms with Crippen molar-refractivity contribution >= 4 is 17.4 Å². The second kappa shape index (κ2) is 6.21. The largest absolute Gasteiger partial charge is 0.492 e. The molecule has 0 aliphatic carbocycles. The van der Waals surface area contributed by atoms with Gasteiger partial charge in [0.25, 0.3) is 0 Å². The van der Waals surface area contributed by atoms with Gasteiger partial charge in [-0.15, -0.1) is 0 Å². The highest BCUT2D eigenvalue weighted by molar-refractivity contribution is 6.29. The summed E-state index contributed by atoms with van der Waals surface area (Å²) in [7, 11) is 0. The molecule has 0 aliphatic heterocycles. The number of ether oxygens (including phenoxy) is 1. The predicted molar refractivity (Wildman–Crippen MR) is 72.2 cm³/mol. The maximum atomic E-state index is 5.73. The number of nitrogens with one attached hydrogen (secondary N) is 1. The highest BCUT2D eigenvalue weighted by Crippen LogP contribution is 2.12. The molecule has 1 aromatic carbocycles.